The molecule has 6 heteroatoms. The van der Waals surface area contributed by atoms with Crippen LogP contribution in [0.2, 0.25) is 0 Å². The van der Waals surface area contributed by atoms with Crippen molar-refractivity contribution in [1.29, 1.82) is 0 Å². The summed E-state index contributed by atoms with van der Waals surface area (Å²) >= 11 is 0. The second-order valence-electron chi connectivity index (χ2n) is 6.84. The van der Waals surface area contributed by atoms with Gasteiger partial charge in [-0.1, -0.05) is 25.9 Å². The number of carbonyl (C=O) groups excluding carboxylic acids is 1. The minimum absolute atomic E-state index is 0.0890. The molecule has 21 heavy (non-hydrogen) atoms. The van der Waals surface area contributed by atoms with Crippen LogP contribution in [0.15, 0.2) is 4.52 Å². The quantitative estimate of drug-likeness (QED) is 0.846. The molecule has 1 atom stereocenters. The molecular formula is C15H25N3O3. The van der Waals surface area contributed by atoms with E-state index in [1.807, 2.05) is 20.8 Å². The fraction of sp³-hybridized carbons (Fsp3) is 0.800. The van der Waals surface area contributed by atoms with Crippen molar-refractivity contribution in [3.63, 3.8) is 0 Å². The Bertz CT molecular complexity index is 491. The summed E-state index contributed by atoms with van der Waals surface area (Å²) in [5.41, 5.74) is -0.398. The molecule has 6 nitrogen and oxygen atoms in total. The molecule has 1 aliphatic rings. The Morgan fingerprint density at radius 3 is 2.76 bits per heavy atom. The van der Waals surface area contributed by atoms with Gasteiger partial charge in [0.15, 0.2) is 0 Å². The molecule has 0 N–H and O–H groups in total. The Labute approximate surface area is 125 Å². The lowest BCUT2D eigenvalue weighted by Gasteiger charge is -2.34. The zero-order valence-corrected chi connectivity index (χ0v) is 13.5. The fourth-order valence-corrected chi connectivity index (χ4v) is 2.17. The molecular weight excluding hydrogens is 270 g/mol. The van der Waals surface area contributed by atoms with Crippen molar-refractivity contribution in [2.45, 2.75) is 53.2 Å². The second-order valence-corrected chi connectivity index (χ2v) is 6.84. The number of morpholine rings is 1. The van der Waals surface area contributed by atoms with Crippen LogP contribution in [-0.4, -0.2) is 46.6 Å². The number of rotatable bonds is 4. The van der Waals surface area contributed by atoms with Gasteiger partial charge < -0.3 is 9.26 Å². The van der Waals surface area contributed by atoms with Crippen molar-refractivity contribution < 1.29 is 14.1 Å². The number of hydrogen-bond acceptors (Lipinski definition) is 6. The first-order chi connectivity index (χ1) is 9.77. The van der Waals surface area contributed by atoms with Crippen LogP contribution >= 0.6 is 0 Å². The van der Waals surface area contributed by atoms with Crippen molar-refractivity contribution in [2.24, 2.45) is 5.41 Å². The Morgan fingerprint density at radius 2 is 2.14 bits per heavy atom. The molecule has 0 aromatic carbocycles. The van der Waals surface area contributed by atoms with Crippen molar-refractivity contribution in [3.05, 3.63) is 11.7 Å². The summed E-state index contributed by atoms with van der Waals surface area (Å²) in [4.78, 5) is 18.6. The highest BCUT2D eigenvalue weighted by molar-refractivity contribution is 5.84. The molecule has 1 fully saturated rings. The molecule has 1 aromatic rings. The highest BCUT2D eigenvalue weighted by Crippen LogP contribution is 2.22. The average Bonchev–Trinajstić information content (AvgIpc) is 2.86. The van der Waals surface area contributed by atoms with E-state index in [1.54, 1.807) is 0 Å². The van der Waals surface area contributed by atoms with E-state index < -0.39 is 5.41 Å². The summed E-state index contributed by atoms with van der Waals surface area (Å²) in [7, 11) is 0. The number of ketones is 1. The lowest BCUT2D eigenvalue weighted by atomic mass is 9.89. The van der Waals surface area contributed by atoms with E-state index in [4.69, 9.17) is 9.26 Å². The maximum atomic E-state index is 12.0. The Hall–Kier alpha value is -1.27. The molecule has 2 heterocycles. The SMILES string of the molecule is CC(C)N1CCOC(c2noc(CC(=O)C(C)(C)C)n2)C1. The van der Waals surface area contributed by atoms with Gasteiger partial charge >= 0.3 is 0 Å². The van der Waals surface area contributed by atoms with Gasteiger partial charge in [-0.05, 0) is 13.8 Å². The van der Waals surface area contributed by atoms with Crippen LogP contribution < -0.4 is 0 Å². The van der Waals surface area contributed by atoms with Gasteiger partial charge in [-0.15, -0.1) is 0 Å². The minimum atomic E-state index is -0.398. The third-order valence-corrected chi connectivity index (χ3v) is 3.75. The molecule has 1 aliphatic heterocycles. The maximum absolute atomic E-state index is 12.0. The van der Waals surface area contributed by atoms with Crippen molar-refractivity contribution in [2.75, 3.05) is 19.7 Å². The number of carbonyl (C=O) groups is 1. The Balaban J connectivity index is 2.01. The first-order valence-electron chi connectivity index (χ1n) is 7.49. The summed E-state index contributed by atoms with van der Waals surface area (Å²) in [5.74, 6) is 0.998. The molecule has 0 radical (unpaired) electrons. The average molecular weight is 295 g/mol. The third kappa shape index (κ3) is 4.11. The molecule has 1 unspecified atom stereocenters. The van der Waals surface area contributed by atoms with Crippen molar-refractivity contribution in [3.8, 4) is 0 Å². The smallest absolute Gasteiger partial charge is 0.234 e. The minimum Gasteiger partial charge on any atom is -0.367 e. The van der Waals surface area contributed by atoms with E-state index in [9.17, 15) is 4.79 Å². The van der Waals surface area contributed by atoms with E-state index in [0.717, 1.165) is 13.1 Å². The van der Waals surface area contributed by atoms with Gasteiger partial charge in [0.1, 0.15) is 11.9 Å². The van der Waals surface area contributed by atoms with E-state index in [1.165, 1.54) is 0 Å². The molecule has 0 saturated carbocycles. The van der Waals surface area contributed by atoms with Gasteiger partial charge in [-0.2, -0.15) is 4.98 Å². The van der Waals surface area contributed by atoms with Gasteiger partial charge in [0.05, 0.1) is 13.0 Å². The van der Waals surface area contributed by atoms with Gasteiger partial charge in [0.25, 0.3) is 0 Å². The highest BCUT2D eigenvalue weighted by atomic mass is 16.5. The molecule has 118 valence electrons. The van der Waals surface area contributed by atoms with Gasteiger partial charge in [0, 0.05) is 24.5 Å². The van der Waals surface area contributed by atoms with Crippen LogP contribution in [-0.2, 0) is 16.0 Å². The number of nitrogens with zero attached hydrogens (tertiary/aromatic N) is 3. The maximum Gasteiger partial charge on any atom is 0.234 e. The summed E-state index contributed by atoms with van der Waals surface area (Å²) in [6.45, 7) is 12.3. The van der Waals surface area contributed by atoms with Crippen LogP contribution in [0.5, 0.6) is 0 Å². The predicted octanol–water partition coefficient (Wildman–Crippen LogP) is 2.01. The van der Waals surface area contributed by atoms with E-state index in [0.29, 0.717) is 24.4 Å². The molecule has 0 amide bonds. The molecule has 1 saturated heterocycles. The van der Waals surface area contributed by atoms with Gasteiger partial charge in [0.2, 0.25) is 11.7 Å². The lowest BCUT2D eigenvalue weighted by molar-refractivity contribution is -0.125. The number of ether oxygens (including phenoxy) is 1. The topological polar surface area (TPSA) is 68.5 Å². The molecule has 0 aliphatic carbocycles. The van der Waals surface area contributed by atoms with E-state index in [2.05, 4.69) is 28.9 Å². The van der Waals surface area contributed by atoms with Crippen LogP contribution in [0.25, 0.3) is 0 Å². The molecule has 0 spiro atoms. The largest absolute Gasteiger partial charge is 0.367 e. The molecule has 2 rings (SSSR count). The lowest BCUT2D eigenvalue weighted by Crippen LogP contribution is -2.42. The zero-order chi connectivity index (χ0) is 15.6. The highest BCUT2D eigenvalue weighted by Gasteiger charge is 2.29. The number of aromatic nitrogens is 2. The predicted molar refractivity (Wildman–Crippen MR) is 77.9 cm³/mol. The summed E-state index contributed by atoms with van der Waals surface area (Å²) in [5, 5.41) is 3.98. The normalized spacial score (nSPS) is 21.0. The Kier molecular flexibility index (Phi) is 4.78. The number of hydrogen-bond donors (Lipinski definition) is 0. The van der Waals surface area contributed by atoms with E-state index >= 15 is 0 Å². The van der Waals surface area contributed by atoms with Crippen LogP contribution in [0, 0.1) is 5.41 Å². The molecule has 1 aromatic heterocycles. The van der Waals surface area contributed by atoms with Crippen LogP contribution in [0.3, 0.4) is 0 Å². The summed E-state index contributed by atoms with van der Waals surface area (Å²) < 4.78 is 10.9. The van der Waals surface area contributed by atoms with Crippen LogP contribution in [0.1, 0.15) is 52.4 Å². The van der Waals surface area contributed by atoms with Crippen molar-refractivity contribution >= 4 is 5.78 Å². The monoisotopic (exact) mass is 295 g/mol. The summed E-state index contributed by atoms with van der Waals surface area (Å²) in [6, 6.07) is 0.463. The summed E-state index contributed by atoms with van der Waals surface area (Å²) in [6.07, 6.45) is 0.000275. The van der Waals surface area contributed by atoms with Gasteiger partial charge in [-0.25, -0.2) is 0 Å². The van der Waals surface area contributed by atoms with Crippen molar-refractivity contribution in [1.82, 2.24) is 15.0 Å². The van der Waals surface area contributed by atoms with Gasteiger partial charge in [-0.3, -0.25) is 9.69 Å². The van der Waals surface area contributed by atoms with Crippen LogP contribution in [0.4, 0.5) is 0 Å². The Morgan fingerprint density at radius 1 is 1.43 bits per heavy atom. The zero-order valence-electron chi connectivity index (χ0n) is 13.5. The third-order valence-electron chi connectivity index (χ3n) is 3.75. The molecule has 0 bridgehead atoms. The second kappa shape index (κ2) is 6.23. The first-order valence-corrected chi connectivity index (χ1v) is 7.49. The first kappa shape index (κ1) is 16.1. The van der Waals surface area contributed by atoms with E-state index in [-0.39, 0.29) is 18.3 Å². The number of Topliss-reactive ketones (excluding diaryl/α,β-unsaturated/α-hetero) is 1. The standard InChI is InChI=1S/C15H25N3O3/c1-10(2)18-6-7-20-11(9-18)14-16-13(21-17-14)8-12(19)15(3,4)5/h10-11H,6-9H2,1-5H3. The fourth-order valence-electron chi connectivity index (χ4n) is 2.17.